The number of pyridine rings is 1. The molecule has 0 amide bonds. The van der Waals surface area contributed by atoms with Gasteiger partial charge in [0, 0.05) is 38.3 Å². The average Bonchev–Trinajstić information content (AvgIpc) is 2.83. The monoisotopic (exact) mass is 420 g/mol. The molecule has 2 aromatic carbocycles. The third-order valence-electron chi connectivity index (χ3n) is 4.77. The van der Waals surface area contributed by atoms with Gasteiger partial charge in [0.15, 0.2) is 5.96 Å². The van der Waals surface area contributed by atoms with Crippen LogP contribution in [-0.2, 0) is 6.54 Å². The van der Waals surface area contributed by atoms with Crippen LogP contribution in [0.1, 0.15) is 17.0 Å². The number of aromatic nitrogens is 1. The van der Waals surface area contributed by atoms with E-state index in [1.54, 1.807) is 20.4 Å². The maximum atomic E-state index is 9.70. The van der Waals surface area contributed by atoms with Gasteiger partial charge in [-0.3, -0.25) is 4.99 Å². The van der Waals surface area contributed by atoms with Gasteiger partial charge >= 0.3 is 0 Å². The molecule has 3 N–H and O–H groups in total. The molecule has 0 saturated carbocycles. The summed E-state index contributed by atoms with van der Waals surface area (Å²) in [4.78, 5) is 8.61. The predicted octanol–water partition coefficient (Wildman–Crippen LogP) is 3.32. The summed E-state index contributed by atoms with van der Waals surface area (Å²) in [5.41, 5.74) is 2.08. The smallest absolute Gasteiger partial charge is 0.219 e. The first kappa shape index (κ1) is 22.1. The molecule has 1 unspecified atom stereocenters. The zero-order valence-electron chi connectivity index (χ0n) is 17.8. The van der Waals surface area contributed by atoms with Crippen LogP contribution in [0, 0.1) is 0 Å². The van der Waals surface area contributed by atoms with E-state index in [0.717, 1.165) is 16.9 Å². The molecule has 3 rings (SSSR count). The zero-order chi connectivity index (χ0) is 21.9. The van der Waals surface area contributed by atoms with Crippen LogP contribution in [0.2, 0.25) is 0 Å². The quantitative estimate of drug-likeness (QED) is 0.364. The molecular weight excluding hydrogens is 392 g/mol. The fourth-order valence-electron chi connectivity index (χ4n) is 2.98. The van der Waals surface area contributed by atoms with Gasteiger partial charge in [-0.15, -0.1) is 0 Å². The molecule has 0 radical (unpaired) electrons. The summed E-state index contributed by atoms with van der Waals surface area (Å²) >= 11 is 0. The molecule has 0 aliphatic carbocycles. The number of aliphatic hydroxyl groups is 1. The van der Waals surface area contributed by atoms with Crippen molar-refractivity contribution in [3.05, 3.63) is 84.1 Å². The fraction of sp³-hybridized carbons (Fsp3) is 0.250. The van der Waals surface area contributed by atoms with Crippen molar-refractivity contribution in [3.63, 3.8) is 0 Å². The second kappa shape index (κ2) is 11.6. The molecule has 7 heteroatoms. The van der Waals surface area contributed by atoms with E-state index in [9.17, 15) is 5.11 Å². The van der Waals surface area contributed by atoms with Crippen molar-refractivity contribution in [1.82, 2.24) is 15.6 Å². The Morgan fingerprint density at radius 1 is 1.00 bits per heavy atom. The maximum absolute atomic E-state index is 9.70. The van der Waals surface area contributed by atoms with E-state index in [1.807, 2.05) is 66.7 Å². The summed E-state index contributed by atoms with van der Waals surface area (Å²) in [5.74, 6) is 2.65. The zero-order valence-corrected chi connectivity index (χ0v) is 17.8. The highest BCUT2D eigenvalue weighted by atomic mass is 16.5. The molecule has 0 saturated heterocycles. The van der Waals surface area contributed by atoms with Gasteiger partial charge in [0.25, 0.3) is 0 Å². The predicted molar refractivity (Wildman–Crippen MR) is 122 cm³/mol. The Morgan fingerprint density at radius 3 is 2.35 bits per heavy atom. The molecule has 0 fully saturated rings. The normalized spacial score (nSPS) is 12.2. The highest BCUT2D eigenvalue weighted by Crippen LogP contribution is 2.22. The van der Waals surface area contributed by atoms with Gasteiger partial charge in [-0.25, -0.2) is 4.98 Å². The largest absolute Gasteiger partial charge is 0.497 e. The van der Waals surface area contributed by atoms with Crippen molar-refractivity contribution in [2.75, 3.05) is 27.3 Å². The standard InChI is InChI=1S/C24H28N4O3/c1-25-24(28-16-20(17-29)19-6-4-3-5-7-19)27-15-18-8-13-23(26-14-18)31-22-11-9-21(30-2)10-12-22/h3-14,20,29H,15-17H2,1-2H3,(H2,25,27,28). The molecule has 0 spiro atoms. The molecule has 0 aliphatic heterocycles. The lowest BCUT2D eigenvalue weighted by molar-refractivity contribution is 0.265. The summed E-state index contributed by atoms with van der Waals surface area (Å²) in [7, 11) is 3.35. The van der Waals surface area contributed by atoms with Crippen molar-refractivity contribution in [1.29, 1.82) is 0 Å². The lowest BCUT2D eigenvalue weighted by Gasteiger charge is -2.18. The van der Waals surface area contributed by atoms with Gasteiger partial charge in [-0.2, -0.15) is 0 Å². The van der Waals surface area contributed by atoms with E-state index in [4.69, 9.17) is 9.47 Å². The number of aliphatic hydroxyl groups excluding tert-OH is 1. The second-order valence-electron chi connectivity index (χ2n) is 6.88. The third-order valence-corrected chi connectivity index (χ3v) is 4.77. The van der Waals surface area contributed by atoms with E-state index in [0.29, 0.717) is 30.7 Å². The first-order chi connectivity index (χ1) is 15.2. The van der Waals surface area contributed by atoms with E-state index < -0.39 is 0 Å². The van der Waals surface area contributed by atoms with E-state index >= 15 is 0 Å². The van der Waals surface area contributed by atoms with Gasteiger partial charge in [-0.05, 0) is 35.4 Å². The minimum atomic E-state index is -0.00389. The van der Waals surface area contributed by atoms with E-state index in [-0.39, 0.29) is 12.5 Å². The van der Waals surface area contributed by atoms with Gasteiger partial charge in [0.1, 0.15) is 11.5 Å². The van der Waals surface area contributed by atoms with Gasteiger partial charge in [0.05, 0.1) is 13.7 Å². The Balaban J connectivity index is 1.48. The summed E-state index contributed by atoms with van der Waals surface area (Å²) in [6, 6.07) is 21.1. The average molecular weight is 421 g/mol. The molecule has 0 aliphatic rings. The molecule has 1 heterocycles. The Kier molecular flexibility index (Phi) is 8.25. The maximum Gasteiger partial charge on any atom is 0.219 e. The van der Waals surface area contributed by atoms with Crippen molar-refractivity contribution in [3.8, 4) is 17.4 Å². The van der Waals surface area contributed by atoms with Crippen LogP contribution in [0.25, 0.3) is 0 Å². The summed E-state index contributed by atoms with van der Waals surface area (Å²) in [6.45, 7) is 1.20. The number of ether oxygens (including phenoxy) is 2. The topological polar surface area (TPSA) is 88.0 Å². The van der Waals surface area contributed by atoms with Gasteiger partial charge in [0.2, 0.25) is 5.88 Å². The first-order valence-electron chi connectivity index (χ1n) is 10.1. The van der Waals surface area contributed by atoms with Crippen LogP contribution in [0.3, 0.4) is 0 Å². The molecule has 7 nitrogen and oxygen atoms in total. The first-order valence-corrected chi connectivity index (χ1v) is 10.1. The molecule has 3 aromatic rings. The van der Waals surface area contributed by atoms with Crippen molar-refractivity contribution in [2.45, 2.75) is 12.5 Å². The Morgan fingerprint density at radius 2 is 1.74 bits per heavy atom. The minimum Gasteiger partial charge on any atom is -0.497 e. The number of nitrogens with zero attached hydrogens (tertiary/aromatic N) is 2. The number of nitrogens with one attached hydrogen (secondary N) is 2. The number of aliphatic imine (C=N–C) groups is 1. The number of hydrogen-bond donors (Lipinski definition) is 3. The lowest BCUT2D eigenvalue weighted by Crippen LogP contribution is -2.39. The number of hydrogen-bond acceptors (Lipinski definition) is 5. The van der Waals surface area contributed by atoms with Crippen LogP contribution < -0.4 is 20.1 Å². The summed E-state index contributed by atoms with van der Waals surface area (Å²) in [5, 5.41) is 16.2. The lowest BCUT2D eigenvalue weighted by atomic mass is 10.0. The van der Waals surface area contributed by atoms with Gasteiger partial charge < -0.3 is 25.2 Å². The molecule has 0 bridgehead atoms. The number of guanidine groups is 1. The van der Waals surface area contributed by atoms with Crippen LogP contribution in [0.4, 0.5) is 0 Å². The Labute approximate surface area is 182 Å². The number of methoxy groups -OCH3 is 1. The van der Waals surface area contributed by atoms with Crippen molar-refractivity contribution < 1.29 is 14.6 Å². The Hall–Kier alpha value is -3.58. The van der Waals surface area contributed by atoms with Crippen LogP contribution in [-0.4, -0.2) is 43.4 Å². The van der Waals surface area contributed by atoms with Crippen LogP contribution in [0.5, 0.6) is 17.4 Å². The second-order valence-corrected chi connectivity index (χ2v) is 6.88. The molecule has 1 atom stereocenters. The van der Waals surface area contributed by atoms with E-state index in [1.165, 1.54) is 0 Å². The van der Waals surface area contributed by atoms with Crippen molar-refractivity contribution in [2.24, 2.45) is 4.99 Å². The molecule has 1 aromatic heterocycles. The molecular formula is C24H28N4O3. The SMILES string of the molecule is CN=C(NCc1ccc(Oc2ccc(OC)cc2)nc1)NCC(CO)c1ccccc1. The molecule has 31 heavy (non-hydrogen) atoms. The molecule has 162 valence electrons. The summed E-state index contributed by atoms with van der Waals surface area (Å²) < 4.78 is 10.9. The van der Waals surface area contributed by atoms with Crippen molar-refractivity contribution >= 4 is 5.96 Å². The van der Waals surface area contributed by atoms with Crippen LogP contribution in [0.15, 0.2) is 77.9 Å². The number of benzene rings is 2. The van der Waals surface area contributed by atoms with E-state index in [2.05, 4.69) is 20.6 Å². The van der Waals surface area contributed by atoms with Crippen LogP contribution >= 0.6 is 0 Å². The summed E-state index contributed by atoms with van der Waals surface area (Å²) in [6.07, 6.45) is 1.76. The minimum absolute atomic E-state index is 0.00389. The fourth-order valence-corrected chi connectivity index (χ4v) is 2.98. The highest BCUT2D eigenvalue weighted by molar-refractivity contribution is 5.79. The number of rotatable bonds is 9. The third kappa shape index (κ3) is 6.72. The highest BCUT2D eigenvalue weighted by Gasteiger charge is 2.11. The van der Waals surface area contributed by atoms with Gasteiger partial charge in [-0.1, -0.05) is 36.4 Å². The Bertz CT molecular complexity index is 945.